The number of esters is 1. The molecule has 3 amide bonds. The second kappa shape index (κ2) is 9.54. The van der Waals surface area contributed by atoms with E-state index < -0.39 is 24.0 Å². The summed E-state index contributed by atoms with van der Waals surface area (Å²) in [4.78, 5) is 51.0. The fourth-order valence-corrected chi connectivity index (χ4v) is 2.94. The molecule has 1 heterocycles. The van der Waals surface area contributed by atoms with Gasteiger partial charge in [0.2, 0.25) is 11.8 Å². The fourth-order valence-electron chi connectivity index (χ4n) is 2.94. The summed E-state index contributed by atoms with van der Waals surface area (Å²) in [6, 6.07) is 6.55. The normalized spacial score (nSPS) is 14.3. The number of likely N-dealkylation sites (N-methyl/N-ethyl adjacent to an activating group) is 1. The molecule has 1 aliphatic heterocycles. The molecule has 0 saturated carbocycles. The van der Waals surface area contributed by atoms with Crippen LogP contribution in [0.25, 0.3) is 0 Å². The average molecular weight is 403 g/mol. The van der Waals surface area contributed by atoms with E-state index in [0.717, 1.165) is 18.5 Å². The van der Waals surface area contributed by atoms with Gasteiger partial charge in [-0.15, -0.1) is 0 Å². The van der Waals surface area contributed by atoms with Crippen molar-refractivity contribution in [3.8, 4) is 0 Å². The summed E-state index contributed by atoms with van der Waals surface area (Å²) < 4.78 is 5.06. The molecule has 1 aromatic rings. The molecule has 0 unspecified atom stereocenters. The Balaban J connectivity index is 1.84. The maximum atomic E-state index is 12.2. The monoisotopic (exact) mass is 403 g/mol. The largest absolute Gasteiger partial charge is 0.452 e. The molecule has 8 nitrogen and oxygen atoms in total. The molecule has 0 atom stereocenters. The van der Waals surface area contributed by atoms with Gasteiger partial charge in [0.15, 0.2) is 6.61 Å². The second-order valence-electron chi connectivity index (χ2n) is 8.17. The third-order valence-electron chi connectivity index (χ3n) is 4.39. The Labute approximate surface area is 171 Å². The first-order valence-electron chi connectivity index (χ1n) is 9.69. The average Bonchev–Trinajstić information content (AvgIpc) is 2.64. The molecule has 1 N–H and O–H groups in total. The first-order chi connectivity index (χ1) is 13.6. The van der Waals surface area contributed by atoms with Crippen molar-refractivity contribution >= 4 is 29.4 Å². The molecule has 0 aliphatic carbocycles. The van der Waals surface area contributed by atoms with Gasteiger partial charge in [-0.25, -0.2) is 4.79 Å². The van der Waals surface area contributed by atoms with Crippen molar-refractivity contribution in [3.63, 3.8) is 0 Å². The number of hydrogen-bond donors (Lipinski definition) is 1. The maximum Gasteiger partial charge on any atom is 0.338 e. The molecular weight excluding hydrogens is 374 g/mol. The summed E-state index contributed by atoms with van der Waals surface area (Å²) in [7, 11) is 1.48. The van der Waals surface area contributed by atoms with Crippen molar-refractivity contribution in [1.29, 1.82) is 0 Å². The van der Waals surface area contributed by atoms with Crippen LogP contribution in [0.3, 0.4) is 0 Å². The number of piperidine rings is 1. The Hall–Kier alpha value is -2.90. The molecule has 2 rings (SSSR count). The molecular formula is C21H29N3O5. The summed E-state index contributed by atoms with van der Waals surface area (Å²) in [5.74, 6) is -1.32. The van der Waals surface area contributed by atoms with Gasteiger partial charge in [0, 0.05) is 31.2 Å². The number of anilines is 1. The van der Waals surface area contributed by atoms with Crippen LogP contribution in [-0.2, 0) is 19.1 Å². The fraction of sp³-hybridized carbons (Fsp3) is 0.524. The lowest BCUT2D eigenvalue weighted by Gasteiger charge is -2.26. The highest BCUT2D eigenvalue weighted by Crippen LogP contribution is 2.21. The second-order valence-corrected chi connectivity index (χ2v) is 8.17. The van der Waals surface area contributed by atoms with E-state index in [0.29, 0.717) is 18.5 Å². The summed E-state index contributed by atoms with van der Waals surface area (Å²) >= 11 is 0. The topological polar surface area (TPSA) is 96.0 Å². The number of nitrogens with one attached hydrogen (secondary N) is 1. The molecule has 1 saturated heterocycles. The molecule has 0 aromatic heterocycles. The van der Waals surface area contributed by atoms with Crippen LogP contribution in [0.15, 0.2) is 24.3 Å². The van der Waals surface area contributed by atoms with Crippen molar-refractivity contribution in [1.82, 2.24) is 10.2 Å². The van der Waals surface area contributed by atoms with E-state index in [1.54, 1.807) is 29.2 Å². The van der Waals surface area contributed by atoms with Crippen LogP contribution >= 0.6 is 0 Å². The third kappa shape index (κ3) is 6.89. The van der Waals surface area contributed by atoms with E-state index in [2.05, 4.69) is 5.32 Å². The number of carbonyl (C=O) groups is 4. The van der Waals surface area contributed by atoms with Crippen LogP contribution in [-0.4, -0.2) is 60.9 Å². The van der Waals surface area contributed by atoms with Crippen molar-refractivity contribution in [2.45, 2.75) is 45.6 Å². The van der Waals surface area contributed by atoms with E-state index in [1.165, 1.54) is 11.9 Å². The van der Waals surface area contributed by atoms with Crippen LogP contribution in [0, 0.1) is 0 Å². The van der Waals surface area contributed by atoms with Crippen molar-refractivity contribution in [2.24, 2.45) is 0 Å². The molecule has 1 aromatic carbocycles. The van der Waals surface area contributed by atoms with Gasteiger partial charge in [0.05, 0.1) is 12.1 Å². The quantitative estimate of drug-likeness (QED) is 0.730. The van der Waals surface area contributed by atoms with Crippen molar-refractivity contribution in [3.05, 3.63) is 29.8 Å². The number of nitrogens with zero attached hydrogens (tertiary/aromatic N) is 2. The highest BCUT2D eigenvalue weighted by Gasteiger charge is 2.21. The number of hydrogen-bond acceptors (Lipinski definition) is 5. The van der Waals surface area contributed by atoms with Gasteiger partial charge in [-0.3, -0.25) is 14.4 Å². The van der Waals surface area contributed by atoms with E-state index in [1.807, 2.05) is 20.8 Å². The minimum atomic E-state index is -0.637. The highest BCUT2D eigenvalue weighted by molar-refractivity contribution is 5.96. The van der Waals surface area contributed by atoms with Crippen molar-refractivity contribution < 1.29 is 23.9 Å². The van der Waals surface area contributed by atoms with Gasteiger partial charge in [0.1, 0.15) is 0 Å². The number of benzene rings is 1. The van der Waals surface area contributed by atoms with Gasteiger partial charge in [-0.1, -0.05) is 0 Å². The van der Waals surface area contributed by atoms with Gasteiger partial charge in [0.25, 0.3) is 5.91 Å². The predicted molar refractivity (Wildman–Crippen MR) is 108 cm³/mol. The van der Waals surface area contributed by atoms with Crippen LogP contribution in [0.1, 0.15) is 50.4 Å². The molecule has 0 radical (unpaired) electrons. The molecule has 1 fully saturated rings. The minimum Gasteiger partial charge on any atom is -0.452 e. The Morgan fingerprint density at radius 1 is 1.14 bits per heavy atom. The zero-order chi connectivity index (χ0) is 21.6. The van der Waals surface area contributed by atoms with Gasteiger partial charge in [-0.2, -0.15) is 0 Å². The lowest BCUT2D eigenvalue weighted by molar-refractivity contribution is -0.137. The Bertz CT molecular complexity index is 768. The van der Waals surface area contributed by atoms with E-state index in [9.17, 15) is 19.2 Å². The Morgan fingerprint density at radius 2 is 1.79 bits per heavy atom. The van der Waals surface area contributed by atoms with Crippen LogP contribution < -0.4 is 10.2 Å². The number of carbonyl (C=O) groups excluding carboxylic acids is 4. The highest BCUT2D eigenvalue weighted by atomic mass is 16.5. The molecule has 1 aliphatic rings. The summed E-state index contributed by atoms with van der Waals surface area (Å²) in [5, 5.41) is 2.76. The number of amides is 3. The van der Waals surface area contributed by atoms with Gasteiger partial charge >= 0.3 is 5.97 Å². The number of ether oxygens (including phenoxy) is 1. The van der Waals surface area contributed by atoms with Gasteiger partial charge < -0.3 is 19.9 Å². The van der Waals surface area contributed by atoms with E-state index in [-0.39, 0.29) is 18.4 Å². The Morgan fingerprint density at radius 3 is 2.38 bits per heavy atom. The number of rotatable bonds is 6. The van der Waals surface area contributed by atoms with Crippen LogP contribution in [0.5, 0.6) is 0 Å². The zero-order valence-electron chi connectivity index (χ0n) is 17.5. The van der Waals surface area contributed by atoms with Crippen LogP contribution in [0.2, 0.25) is 0 Å². The molecule has 29 heavy (non-hydrogen) atoms. The lowest BCUT2D eigenvalue weighted by Crippen LogP contribution is -2.46. The minimum absolute atomic E-state index is 0.0794. The maximum absolute atomic E-state index is 12.2. The zero-order valence-corrected chi connectivity index (χ0v) is 17.5. The van der Waals surface area contributed by atoms with Crippen molar-refractivity contribution in [2.75, 3.05) is 31.6 Å². The smallest absolute Gasteiger partial charge is 0.338 e. The molecule has 8 heteroatoms. The first kappa shape index (κ1) is 22.4. The SMILES string of the molecule is CN(CC(=O)NC(C)(C)C)C(=O)COC(=O)c1ccc(N2CCCCC2=O)cc1. The molecule has 0 spiro atoms. The van der Waals surface area contributed by atoms with E-state index >= 15 is 0 Å². The van der Waals surface area contributed by atoms with E-state index in [4.69, 9.17) is 4.74 Å². The third-order valence-corrected chi connectivity index (χ3v) is 4.39. The first-order valence-corrected chi connectivity index (χ1v) is 9.69. The standard InChI is InChI=1S/C21H29N3O5/c1-21(2,3)22-17(25)13-23(4)19(27)14-29-20(28)15-8-10-16(11-9-15)24-12-6-5-7-18(24)26/h8-11H,5-7,12-14H2,1-4H3,(H,22,25). The molecule has 158 valence electrons. The molecule has 0 bridgehead atoms. The summed E-state index contributed by atoms with van der Waals surface area (Å²) in [5.41, 5.74) is 0.643. The lowest BCUT2D eigenvalue weighted by atomic mass is 10.1. The summed E-state index contributed by atoms with van der Waals surface area (Å²) in [6.45, 7) is 5.64. The van der Waals surface area contributed by atoms with Gasteiger partial charge in [-0.05, 0) is 57.9 Å². The Kier molecular flexibility index (Phi) is 7.36. The predicted octanol–water partition coefficient (Wildman–Crippen LogP) is 1.73. The van der Waals surface area contributed by atoms with Crippen LogP contribution in [0.4, 0.5) is 5.69 Å². The summed E-state index contributed by atoms with van der Waals surface area (Å²) in [6.07, 6.45) is 2.40.